The fourth-order valence-corrected chi connectivity index (χ4v) is 7.42. The minimum atomic E-state index is -4.49. The van der Waals surface area contributed by atoms with Crippen LogP contribution in [0.5, 0.6) is 17.2 Å². The summed E-state index contributed by atoms with van der Waals surface area (Å²) in [4.78, 5) is 11.8. The maximum atomic E-state index is 14.1. The SMILES string of the molecule is COc1ccc(S(=O)(=O)N(Cc2nn[nH]n2)c2ccc(N(CC(=O)O)S(=O)(=O)c3ccc(OC)cc3)c(OCc3ccccc3)c2)cc1. The van der Waals surface area contributed by atoms with E-state index < -0.39 is 32.6 Å². The van der Waals surface area contributed by atoms with Crippen LogP contribution in [0.4, 0.5) is 11.4 Å². The molecule has 0 fully saturated rings. The Hall–Kier alpha value is -5.68. The Balaban J connectivity index is 1.66. The largest absolute Gasteiger partial charge is 0.497 e. The quantitative estimate of drug-likeness (QED) is 0.162. The Labute approximate surface area is 276 Å². The Bertz CT molecular complexity index is 2060. The van der Waals surface area contributed by atoms with Gasteiger partial charge in [0.05, 0.1) is 41.9 Å². The molecule has 0 saturated heterocycles. The summed E-state index contributed by atoms with van der Waals surface area (Å²) in [5.41, 5.74) is 0.611. The van der Waals surface area contributed by atoms with Crippen LogP contribution < -0.4 is 22.8 Å². The maximum Gasteiger partial charge on any atom is 0.324 e. The van der Waals surface area contributed by atoms with Crippen LogP contribution in [0, 0.1) is 0 Å². The van der Waals surface area contributed by atoms with Crippen molar-refractivity contribution in [3.63, 3.8) is 0 Å². The molecule has 0 aliphatic carbocycles. The van der Waals surface area contributed by atoms with Crippen LogP contribution in [0.1, 0.15) is 11.4 Å². The van der Waals surface area contributed by atoms with E-state index in [1.165, 1.54) is 80.9 Å². The number of nitrogens with zero attached hydrogens (tertiary/aromatic N) is 5. The Morgan fingerprint density at radius 3 is 1.90 bits per heavy atom. The topological polar surface area (TPSA) is 194 Å². The van der Waals surface area contributed by atoms with Crippen molar-refractivity contribution >= 4 is 37.4 Å². The molecule has 5 rings (SSSR count). The minimum Gasteiger partial charge on any atom is -0.497 e. The summed E-state index contributed by atoms with van der Waals surface area (Å²) in [6.07, 6.45) is 0. The van der Waals surface area contributed by atoms with Crippen LogP contribution in [-0.2, 0) is 38.0 Å². The molecule has 17 heteroatoms. The van der Waals surface area contributed by atoms with Gasteiger partial charge in [0.25, 0.3) is 20.0 Å². The van der Waals surface area contributed by atoms with E-state index in [0.717, 1.165) is 4.31 Å². The van der Waals surface area contributed by atoms with Crippen molar-refractivity contribution in [2.45, 2.75) is 22.9 Å². The number of hydrogen-bond donors (Lipinski definition) is 2. The predicted octanol–water partition coefficient (Wildman–Crippen LogP) is 3.47. The van der Waals surface area contributed by atoms with Gasteiger partial charge in [-0.05, 0) is 66.2 Å². The molecule has 0 aliphatic heterocycles. The second-order valence-corrected chi connectivity index (χ2v) is 13.7. The van der Waals surface area contributed by atoms with Crippen molar-refractivity contribution in [2.24, 2.45) is 0 Å². The van der Waals surface area contributed by atoms with E-state index in [4.69, 9.17) is 14.2 Å². The number of aromatic nitrogens is 4. The van der Waals surface area contributed by atoms with Crippen molar-refractivity contribution in [1.82, 2.24) is 20.6 Å². The number of carbonyl (C=O) groups is 1. The number of rotatable bonds is 15. The van der Waals surface area contributed by atoms with Gasteiger partial charge in [0.1, 0.15) is 30.4 Å². The first kappa shape index (κ1) is 33.7. The number of tetrazole rings is 1. The van der Waals surface area contributed by atoms with E-state index in [9.17, 15) is 26.7 Å². The smallest absolute Gasteiger partial charge is 0.324 e. The molecule has 0 bridgehead atoms. The van der Waals surface area contributed by atoms with Crippen LogP contribution in [0.3, 0.4) is 0 Å². The first-order valence-corrected chi connectivity index (χ1v) is 17.0. The third-order valence-corrected chi connectivity index (χ3v) is 10.5. The molecule has 5 aromatic rings. The van der Waals surface area contributed by atoms with Gasteiger partial charge in [-0.3, -0.25) is 13.4 Å². The first-order valence-electron chi connectivity index (χ1n) is 14.1. The molecule has 0 radical (unpaired) electrons. The third kappa shape index (κ3) is 7.48. The van der Waals surface area contributed by atoms with Crippen molar-refractivity contribution in [3.05, 3.63) is 108 Å². The lowest BCUT2D eigenvalue weighted by Crippen LogP contribution is -2.36. The summed E-state index contributed by atoms with van der Waals surface area (Å²) in [6.45, 7) is -1.39. The van der Waals surface area contributed by atoms with Gasteiger partial charge in [0.2, 0.25) is 0 Å². The predicted molar refractivity (Wildman–Crippen MR) is 173 cm³/mol. The van der Waals surface area contributed by atoms with Crippen LogP contribution in [0.2, 0.25) is 0 Å². The number of H-pyrrole nitrogens is 1. The number of aromatic amines is 1. The fourth-order valence-electron chi connectivity index (χ4n) is 4.58. The van der Waals surface area contributed by atoms with E-state index in [1.54, 1.807) is 24.3 Å². The fraction of sp³-hybridized carbons (Fsp3) is 0.161. The maximum absolute atomic E-state index is 14.1. The van der Waals surface area contributed by atoms with Gasteiger partial charge in [-0.15, -0.1) is 10.2 Å². The molecule has 15 nitrogen and oxygen atoms in total. The van der Waals surface area contributed by atoms with Gasteiger partial charge in [0, 0.05) is 6.07 Å². The van der Waals surface area contributed by atoms with Crippen LogP contribution in [-0.4, -0.2) is 69.3 Å². The summed E-state index contributed by atoms with van der Waals surface area (Å²) in [5, 5.41) is 23.4. The average Bonchev–Trinajstić information content (AvgIpc) is 3.62. The second kappa shape index (κ2) is 14.4. The highest BCUT2D eigenvalue weighted by atomic mass is 32.2. The zero-order valence-electron chi connectivity index (χ0n) is 25.6. The number of nitrogens with one attached hydrogen (secondary N) is 1. The monoisotopic (exact) mass is 694 g/mol. The van der Waals surface area contributed by atoms with Gasteiger partial charge in [-0.1, -0.05) is 35.5 Å². The van der Waals surface area contributed by atoms with Crippen LogP contribution in [0.25, 0.3) is 0 Å². The molecule has 1 heterocycles. The summed E-state index contributed by atoms with van der Waals surface area (Å²) >= 11 is 0. The standard InChI is InChI=1S/C31H30N6O9S2/c1-44-24-9-13-26(14-10-24)47(40,41)36(19-30-32-34-35-33-30)23-8-17-28(29(18-23)46-21-22-6-4-3-5-7-22)37(20-31(38)39)48(42,43)27-15-11-25(45-2)12-16-27/h3-18H,19-21H2,1-2H3,(H,38,39)(H,32,33,34,35). The van der Waals surface area contributed by atoms with E-state index in [0.29, 0.717) is 21.4 Å². The van der Waals surface area contributed by atoms with Gasteiger partial charge in [-0.2, -0.15) is 5.21 Å². The minimum absolute atomic E-state index is 0.0394. The van der Waals surface area contributed by atoms with Crippen molar-refractivity contribution in [2.75, 3.05) is 29.4 Å². The number of hydrogen-bond acceptors (Lipinski definition) is 11. The van der Waals surface area contributed by atoms with Crippen LogP contribution in [0.15, 0.2) is 107 Å². The molecule has 250 valence electrons. The molecule has 4 aromatic carbocycles. The van der Waals surface area contributed by atoms with Gasteiger partial charge in [-0.25, -0.2) is 16.8 Å². The Morgan fingerprint density at radius 2 is 1.38 bits per heavy atom. The van der Waals surface area contributed by atoms with Crippen molar-refractivity contribution in [3.8, 4) is 17.2 Å². The van der Waals surface area contributed by atoms with Crippen molar-refractivity contribution in [1.29, 1.82) is 0 Å². The lowest BCUT2D eigenvalue weighted by atomic mass is 10.2. The number of sulfonamides is 2. The molecular formula is C31H30N6O9S2. The molecule has 0 spiro atoms. The third-order valence-electron chi connectivity index (χ3n) is 6.99. The number of anilines is 2. The number of carboxylic acids is 1. The van der Waals surface area contributed by atoms with Crippen molar-refractivity contribution < 1.29 is 40.9 Å². The second-order valence-electron chi connectivity index (χ2n) is 10.0. The van der Waals surface area contributed by atoms with E-state index in [-0.39, 0.29) is 45.9 Å². The van der Waals surface area contributed by atoms with Crippen LogP contribution >= 0.6 is 0 Å². The molecule has 0 aliphatic rings. The van der Waals surface area contributed by atoms with E-state index >= 15 is 0 Å². The summed E-state index contributed by atoms with van der Waals surface area (Å²) in [5.74, 6) is -0.674. The molecule has 48 heavy (non-hydrogen) atoms. The first-order chi connectivity index (χ1) is 23.0. The Morgan fingerprint density at radius 1 is 0.792 bits per heavy atom. The molecule has 0 atom stereocenters. The Kier molecular flexibility index (Phi) is 10.1. The van der Waals surface area contributed by atoms with E-state index in [2.05, 4.69) is 20.6 Å². The lowest BCUT2D eigenvalue weighted by molar-refractivity contribution is -0.135. The summed E-state index contributed by atoms with van der Waals surface area (Å²) < 4.78 is 74.1. The molecular weight excluding hydrogens is 665 g/mol. The number of carboxylic acid groups (broad SMARTS) is 1. The lowest BCUT2D eigenvalue weighted by Gasteiger charge is -2.28. The number of methoxy groups -OCH3 is 2. The molecule has 1 aromatic heterocycles. The molecule has 0 saturated carbocycles. The van der Waals surface area contributed by atoms with Gasteiger partial charge in [0.15, 0.2) is 5.82 Å². The average molecular weight is 695 g/mol. The highest BCUT2D eigenvalue weighted by Gasteiger charge is 2.32. The molecule has 0 amide bonds. The van der Waals surface area contributed by atoms with E-state index in [1.807, 2.05) is 6.07 Å². The number of ether oxygens (including phenoxy) is 3. The summed E-state index contributed by atoms with van der Waals surface area (Å²) in [7, 11) is -5.92. The summed E-state index contributed by atoms with van der Waals surface area (Å²) in [6, 6.07) is 24.0. The zero-order valence-corrected chi connectivity index (χ0v) is 27.3. The normalized spacial score (nSPS) is 11.5. The zero-order chi connectivity index (χ0) is 34.3. The molecule has 0 unspecified atom stereocenters. The van der Waals surface area contributed by atoms with Gasteiger partial charge >= 0.3 is 5.97 Å². The molecule has 2 N–H and O–H groups in total. The highest BCUT2D eigenvalue weighted by molar-refractivity contribution is 7.93. The highest BCUT2D eigenvalue weighted by Crippen LogP contribution is 2.38. The van der Waals surface area contributed by atoms with Gasteiger partial charge < -0.3 is 19.3 Å². The number of benzene rings is 4. The number of aliphatic carboxylic acids is 1.